The van der Waals surface area contributed by atoms with Crippen molar-refractivity contribution in [2.45, 2.75) is 82.3 Å². The normalized spacial score (nSPS) is 38.1. The lowest BCUT2D eigenvalue weighted by atomic mass is 9.81. The molecule has 1 aromatic heterocycles. The van der Waals surface area contributed by atoms with E-state index in [1.54, 1.807) is 13.0 Å². The summed E-state index contributed by atoms with van der Waals surface area (Å²) in [6, 6.07) is 1.79. The van der Waals surface area contributed by atoms with Gasteiger partial charge in [-0.25, -0.2) is 9.59 Å². The van der Waals surface area contributed by atoms with E-state index in [0.717, 1.165) is 0 Å². The number of carbonyl (C=O) groups excluding carboxylic acids is 4. The molecular weight excluding hydrogens is 476 g/mol. The number of fused-ring (bicyclic) bond motifs is 4. The number of esters is 4. The van der Waals surface area contributed by atoms with Crippen molar-refractivity contribution in [3.63, 3.8) is 0 Å². The number of aryl methyl sites for hydroxylation is 1. The number of hydrogen-bond donors (Lipinski definition) is 0. The number of methoxy groups -OCH3 is 1. The highest BCUT2D eigenvalue weighted by atomic mass is 16.7. The fraction of sp³-hybridized carbons (Fsp3) is 0.600. The molecule has 0 N–H and O–H groups in total. The van der Waals surface area contributed by atoms with Crippen molar-refractivity contribution >= 4 is 23.9 Å². The average Bonchev–Trinajstić information content (AvgIpc) is 3.63. The molecule has 5 heterocycles. The maximum atomic E-state index is 13.1. The van der Waals surface area contributed by atoms with Crippen molar-refractivity contribution in [3.05, 3.63) is 35.3 Å². The average molecular weight is 504 g/mol. The zero-order valence-electron chi connectivity index (χ0n) is 20.7. The Labute approximate surface area is 207 Å². The summed E-state index contributed by atoms with van der Waals surface area (Å²) in [5, 5.41) is 0. The number of carbonyl (C=O) groups is 4. The lowest BCUT2D eigenvalue weighted by Crippen LogP contribution is -2.43. The molecule has 4 bridgehead atoms. The largest absolute Gasteiger partial charge is 0.466 e. The number of ether oxygens (including phenoxy) is 6. The monoisotopic (exact) mass is 504 g/mol. The van der Waals surface area contributed by atoms with Crippen LogP contribution in [0.25, 0.3) is 0 Å². The first-order valence-electron chi connectivity index (χ1n) is 11.7. The van der Waals surface area contributed by atoms with E-state index in [4.69, 9.17) is 32.8 Å². The van der Waals surface area contributed by atoms with Crippen LogP contribution < -0.4 is 0 Å². The lowest BCUT2D eigenvalue weighted by molar-refractivity contribution is -0.168. The van der Waals surface area contributed by atoms with Crippen LogP contribution in [0, 0.1) is 12.8 Å². The van der Waals surface area contributed by atoms with Gasteiger partial charge in [0.05, 0.1) is 7.11 Å². The molecule has 0 aromatic carbocycles. The molecule has 8 atom stereocenters. The molecular formula is C25H28O11. The second-order valence-corrected chi connectivity index (χ2v) is 9.97. The molecule has 36 heavy (non-hydrogen) atoms. The third kappa shape index (κ3) is 3.72. The maximum Gasteiger partial charge on any atom is 0.345 e. The van der Waals surface area contributed by atoms with Crippen molar-refractivity contribution in [3.8, 4) is 0 Å². The number of rotatable bonds is 4. The summed E-state index contributed by atoms with van der Waals surface area (Å²) < 4.78 is 39.8. The van der Waals surface area contributed by atoms with E-state index in [0.29, 0.717) is 17.7 Å². The van der Waals surface area contributed by atoms with Gasteiger partial charge in [0.25, 0.3) is 0 Å². The SMILES string of the molecule is C=C(C(=O)OC)[C@H]1C[C@@H](OC(C)=O)C23OC2[C@@H](CC2(C)OC2c2cc(C)c(o2)[C@H]1OC(C)=O)OC3=O. The molecule has 1 aromatic rings. The molecule has 0 amide bonds. The van der Waals surface area contributed by atoms with E-state index < -0.39 is 71.5 Å². The molecule has 194 valence electrons. The predicted octanol–water partition coefficient (Wildman–Crippen LogP) is 2.16. The Bertz CT molecular complexity index is 1170. The molecule has 11 nitrogen and oxygen atoms in total. The molecule has 11 heteroatoms. The van der Waals surface area contributed by atoms with Gasteiger partial charge in [0.15, 0.2) is 6.10 Å². The van der Waals surface area contributed by atoms with E-state index >= 15 is 0 Å². The Hall–Kier alpha value is -3.18. The highest BCUT2D eigenvalue weighted by Gasteiger charge is 2.79. The van der Waals surface area contributed by atoms with Gasteiger partial charge in [-0.2, -0.15) is 0 Å². The zero-order valence-corrected chi connectivity index (χ0v) is 20.7. The smallest absolute Gasteiger partial charge is 0.345 e. The van der Waals surface area contributed by atoms with Gasteiger partial charge in [0.1, 0.15) is 41.5 Å². The Kier molecular flexibility index (Phi) is 5.56. The van der Waals surface area contributed by atoms with Crippen LogP contribution in [-0.2, 0) is 47.6 Å². The molecule has 0 aliphatic carbocycles. The molecule has 4 unspecified atom stereocenters. The van der Waals surface area contributed by atoms with Gasteiger partial charge >= 0.3 is 23.9 Å². The number of hydrogen-bond acceptors (Lipinski definition) is 11. The van der Waals surface area contributed by atoms with Crippen LogP contribution in [0.4, 0.5) is 0 Å². The highest BCUT2D eigenvalue weighted by molar-refractivity contribution is 5.89. The molecule has 3 fully saturated rings. The van der Waals surface area contributed by atoms with Crippen LogP contribution in [-0.4, -0.2) is 60.5 Å². The number of epoxide rings is 2. The molecule has 4 aliphatic heterocycles. The maximum absolute atomic E-state index is 13.1. The highest BCUT2D eigenvalue weighted by Crippen LogP contribution is 2.60. The third-order valence-corrected chi connectivity index (χ3v) is 7.39. The standard InChI is InChI=1S/C25H28O11/c1-10-7-15-20-24(5,35-20)9-16-21-25(36-21,23(29)34-16)17(31-12(3)26)8-14(11(2)22(28)30-6)19(18(10)33-15)32-13(4)27/h7,14,16-17,19-21H,2,8-9H2,1,3-6H3/t14-,16-,17-,19+,20?,21?,24?,25?/m1/s1. The van der Waals surface area contributed by atoms with E-state index in [1.165, 1.54) is 21.0 Å². The summed E-state index contributed by atoms with van der Waals surface area (Å²) in [6.07, 6.45) is -3.87. The fourth-order valence-electron chi connectivity index (χ4n) is 5.57. The second kappa shape index (κ2) is 8.17. The van der Waals surface area contributed by atoms with Gasteiger partial charge in [-0.05, 0) is 31.9 Å². The quantitative estimate of drug-likeness (QED) is 0.257. The molecule has 5 rings (SSSR count). The summed E-state index contributed by atoms with van der Waals surface area (Å²) in [5.41, 5.74) is -1.64. The molecule has 3 saturated heterocycles. The van der Waals surface area contributed by atoms with Crippen LogP contribution in [0.3, 0.4) is 0 Å². The van der Waals surface area contributed by atoms with Gasteiger partial charge in [-0.3, -0.25) is 9.59 Å². The first kappa shape index (κ1) is 24.5. The predicted molar refractivity (Wildman–Crippen MR) is 117 cm³/mol. The van der Waals surface area contributed by atoms with Gasteiger partial charge in [-0.15, -0.1) is 0 Å². The Morgan fingerprint density at radius 2 is 1.83 bits per heavy atom. The van der Waals surface area contributed by atoms with Crippen molar-refractivity contribution < 1.29 is 52.0 Å². The molecule has 0 saturated carbocycles. The van der Waals surface area contributed by atoms with E-state index in [1.807, 2.05) is 6.92 Å². The van der Waals surface area contributed by atoms with Gasteiger partial charge in [0.2, 0.25) is 5.60 Å². The Morgan fingerprint density at radius 1 is 1.14 bits per heavy atom. The lowest BCUT2D eigenvalue weighted by Gasteiger charge is -2.30. The van der Waals surface area contributed by atoms with Gasteiger partial charge < -0.3 is 32.8 Å². The molecule has 4 aliphatic rings. The first-order chi connectivity index (χ1) is 16.9. The van der Waals surface area contributed by atoms with Crippen molar-refractivity contribution in [1.82, 2.24) is 0 Å². The van der Waals surface area contributed by atoms with E-state index in [2.05, 4.69) is 6.58 Å². The van der Waals surface area contributed by atoms with Crippen molar-refractivity contribution in [2.75, 3.05) is 7.11 Å². The van der Waals surface area contributed by atoms with Gasteiger partial charge in [-0.1, -0.05) is 6.58 Å². The molecule has 0 spiro atoms. The summed E-state index contributed by atoms with van der Waals surface area (Å²) in [7, 11) is 1.19. The summed E-state index contributed by atoms with van der Waals surface area (Å²) in [6.45, 7) is 9.96. The van der Waals surface area contributed by atoms with Gasteiger partial charge in [0, 0.05) is 31.8 Å². The zero-order chi connectivity index (χ0) is 26.2. The van der Waals surface area contributed by atoms with Crippen molar-refractivity contribution in [2.24, 2.45) is 5.92 Å². The van der Waals surface area contributed by atoms with Crippen LogP contribution in [0.1, 0.15) is 62.9 Å². The first-order valence-corrected chi connectivity index (χ1v) is 11.7. The summed E-state index contributed by atoms with van der Waals surface area (Å²) in [5.74, 6) is -2.93. The topological polar surface area (TPSA) is 143 Å². The Morgan fingerprint density at radius 3 is 2.44 bits per heavy atom. The minimum atomic E-state index is -1.55. The summed E-state index contributed by atoms with van der Waals surface area (Å²) >= 11 is 0. The Balaban J connectivity index is 1.66. The van der Waals surface area contributed by atoms with E-state index in [9.17, 15) is 19.2 Å². The second-order valence-electron chi connectivity index (χ2n) is 9.97. The van der Waals surface area contributed by atoms with E-state index in [-0.39, 0.29) is 17.8 Å². The van der Waals surface area contributed by atoms with Crippen molar-refractivity contribution in [1.29, 1.82) is 0 Å². The number of furan rings is 1. The summed E-state index contributed by atoms with van der Waals surface area (Å²) in [4.78, 5) is 50.0. The minimum absolute atomic E-state index is 0.0582. The third-order valence-electron chi connectivity index (χ3n) is 7.39. The van der Waals surface area contributed by atoms with Crippen LogP contribution >= 0.6 is 0 Å². The fourth-order valence-corrected chi connectivity index (χ4v) is 5.57. The van der Waals surface area contributed by atoms with Crippen LogP contribution in [0.5, 0.6) is 0 Å². The van der Waals surface area contributed by atoms with Crippen LogP contribution in [0.15, 0.2) is 22.6 Å². The van der Waals surface area contributed by atoms with Crippen LogP contribution in [0.2, 0.25) is 0 Å². The molecule has 0 radical (unpaired) electrons. The minimum Gasteiger partial charge on any atom is -0.466 e.